The van der Waals surface area contributed by atoms with Crippen LogP contribution in [0.4, 0.5) is 18.9 Å². The Bertz CT molecular complexity index is 1260. The molecular weight excluding hydrogens is 730 g/mol. The fourth-order valence-corrected chi connectivity index (χ4v) is 5.33. The van der Waals surface area contributed by atoms with Gasteiger partial charge in [0.2, 0.25) is 0 Å². The van der Waals surface area contributed by atoms with Crippen LogP contribution in [0.5, 0.6) is 0 Å². The first-order chi connectivity index (χ1) is 20.9. The molecule has 1 aromatic rings. The molecule has 1 aliphatic heterocycles. The van der Waals surface area contributed by atoms with E-state index in [0.717, 1.165) is 34.8 Å². The number of halogens is 4. The Morgan fingerprint density at radius 1 is 0.933 bits per heavy atom. The Balaban J connectivity index is 2.47. The van der Waals surface area contributed by atoms with Crippen molar-refractivity contribution in [1.82, 2.24) is 0 Å². The van der Waals surface area contributed by atoms with E-state index < -0.39 is 82.7 Å². The number of amides is 1. The van der Waals surface area contributed by atoms with Crippen molar-refractivity contribution in [2.75, 3.05) is 25.6 Å². The molecule has 1 aromatic carbocycles. The number of carbonyl (C=O) groups excluding carboxylic acids is 6. The van der Waals surface area contributed by atoms with Crippen LogP contribution in [0.1, 0.15) is 33.3 Å². The van der Waals surface area contributed by atoms with Gasteiger partial charge in [-0.2, -0.15) is 13.2 Å². The van der Waals surface area contributed by atoms with Crippen molar-refractivity contribution >= 4 is 64.0 Å². The van der Waals surface area contributed by atoms with E-state index in [2.05, 4.69) is 0 Å². The van der Waals surface area contributed by atoms with Crippen molar-refractivity contribution in [3.05, 3.63) is 29.8 Å². The molecule has 0 aliphatic carbocycles. The molecule has 0 radical (unpaired) electrons. The first-order valence-electron chi connectivity index (χ1n) is 13.1. The van der Waals surface area contributed by atoms with Gasteiger partial charge in [0.1, 0.15) is 16.6 Å². The largest absolute Gasteiger partial charge is 0.471 e. The highest BCUT2D eigenvalue weighted by atomic mass is 127. The molecule has 0 bridgehead atoms. The summed E-state index contributed by atoms with van der Waals surface area (Å²) in [4.78, 5) is 72.3. The molecule has 6 atom stereocenters. The second kappa shape index (κ2) is 16.2. The van der Waals surface area contributed by atoms with Gasteiger partial charge < -0.3 is 38.5 Å². The summed E-state index contributed by atoms with van der Waals surface area (Å²) in [5.74, 6) is -9.00. The minimum absolute atomic E-state index is 0.0378. The van der Waals surface area contributed by atoms with Crippen LogP contribution in [0, 0.1) is 0 Å². The number of hydrogen-bond donors (Lipinski definition) is 1. The van der Waals surface area contributed by atoms with Crippen molar-refractivity contribution in [3.63, 3.8) is 0 Å². The molecule has 1 aliphatic rings. The summed E-state index contributed by atoms with van der Waals surface area (Å²) in [7, 11) is 1.02. The minimum Gasteiger partial charge on any atom is -0.465 e. The predicted molar refractivity (Wildman–Crippen MR) is 152 cm³/mol. The van der Waals surface area contributed by atoms with Crippen LogP contribution < -0.4 is 5.32 Å². The number of carbonyl (C=O) groups is 6. The second-order valence-corrected chi connectivity index (χ2v) is 10.8. The van der Waals surface area contributed by atoms with Crippen LogP contribution in [0.15, 0.2) is 24.3 Å². The lowest BCUT2D eigenvalue weighted by Crippen LogP contribution is -2.70. The Kier molecular flexibility index (Phi) is 13.5. The predicted octanol–water partition coefficient (Wildman–Crippen LogP) is 2.18. The SMILES string of the molecule is COC(=O)[C@]1(OCCc2ccc(NC(=O)C(F)(F)F)cc2)O[C@H]([C@@H](COC(C)=O)OC(C)=O)[C@H](OC(C)=O)[C@H](OC(C)=O)[C@@H]1I. The molecule has 0 unspecified atom stereocenters. The lowest BCUT2D eigenvalue weighted by atomic mass is 9.91. The molecule has 1 amide bonds. The van der Waals surface area contributed by atoms with E-state index >= 15 is 0 Å². The minimum atomic E-state index is -5.08. The zero-order valence-corrected chi connectivity index (χ0v) is 26.8. The van der Waals surface area contributed by atoms with Crippen molar-refractivity contribution in [2.24, 2.45) is 0 Å². The smallest absolute Gasteiger partial charge is 0.465 e. The second-order valence-electron chi connectivity index (χ2n) is 9.49. The van der Waals surface area contributed by atoms with Crippen LogP contribution in [0.2, 0.25) is 0 Å². The maximum Gasteiger partial charge on any atom is 0.471 e. The van der Waals surface area contributed by atoms with Gasteiger partial charge in [-0.1, -0.05) is 34.7 Å². The molecule has 250 valence electrons. The average molecular weight is 761 g/mol. The molecule has 2 rings (SSSR count). The topological polar surface area (TPSA) is 179 Å². The Hall–Kier alpha value is -3.52. The molecule has 18 heteroatoms. The van der Waals surface area contributed by atoms with Gasteiger partial charge in [-0.25, -0.2) is 4.79 Å². The highest BCUT2D eigenvalue weighted by molar-refractivity contribution is 14.1. The zero-order valence-electron chi connectivity index (χ0n) is 24.6. The Labute approximate surface area is 268 Å². The fraction of sp³-hybridized carbons (Fsp3) is 0.556. The molecule has 0 saturated carbocycles. The van der Waals surface area contributed by atoms with Gasteiger partial charge in [0, 0.05) is 33.4 Å². The van der Waals surface area contributed by atoms with E-state index in [1.807, 2.05) is 0 Å². The number of nitrogens with one attached hydrogen (secondary N) is 1. The molecule has 45 heavy (non-hydrogen) atoms. The molecular formula is C27H31F3INO13. The van der Waals surface area contributed by atoms with Crippen molar-refractivity contribution in [3.8, 4) is 0 Å². The Morgan fingerprint density at radius 3 is 2.00 bits per heavy atom. The molecule has 1 fully saturated rings. The average Bonchev–Trinajstić information content (AvgIpc) is 2.93. The number of esters is 5. The van der Waals surface area contributed by atoms with Gasteiger partial charge >= 0.3 is 41.9 Å². The lowest BCUT2D eigenvalue weighted by Gasteiger charge is -2.49. The zero-order chi connectivity index (χ0) is 34.1. The van der Waals surface area contributed by atoms with Gasteiger partial charge in [-0.05, 0) is 24.1 Å². The van der Waals surface area contributed by atoms with E-state index in [1.54, 1.807) is 27.9 Å². The Morgan fingerprint density at radius 2 is 1.51 bits per heavy atom. The fourth-order valence-electron chi connectivity index (χ4n) is 4.20. The molecule has 1 saturated heterocycles. The normalized spacial score (nSPS) is 23.6. The van der Waals surface area contributed by atoms with Crippen molar-refractivity contribution < 1.29 is 75.1 Å². The molecule has 1 heterocycles. The number of ether oxygens (including phenoxy) is 7. The highest BCUT2D eigenvalue weighted by Gasteiger charge is 2.64. The van der Waals surface area contributed by atoms with E-state index in [9.17, 15) is 41.9 Å². The third-order valence-electron chi connectivity index (χ3n) is 6.00. The number of anilines is 1. The number of benzene rings is 1. The van der Waals surface area contributed by atoms with Crippen molar-refractivity contribution in [1.29, 1.82) is 0 Å². The first-order valence-corrected chi connectivity index (χ1v) is 14.3. The summed E-state index contributed by atoms with van der Waals surface area (Å²) >= 11 is 1.69. The number of rotatable bonds is 12. The van der Waals surface area contributed by atoms with Gasteiger partial charge in [-0.3, -0.25) is 24.0 Å². The number of methoxy groups -OCH3 is 1. The van der Waals surface area contributed by atoms with Gasteiger partial charge in [-0.15, -0.1) is 0 Å². The van der Waals surface area contributed by atoms with Crippen LogP contribution in [-0.4, -0.2) is 96.4 Å². The monoisotopic (exact) mass is 761 g/mol. The van der Waals surface area contributed by atoms with Crippen molar-refractivity contribution in [2.45, 2.75) is 74.4 Å². The van der Waals surface area contributed by atoms with E-state index in [1.165, 1.54) is 24.3 Å². The molecule has 0 aromatic heterocycles. The van der Waals surface area contributed by atoms with Crippen LogP contribution in [-0.2, 0) is 68.3 Å². The van der Waals surface area contributed by atoms with Crippen LogP contribution in [0.3, 0.4) is 0 Å². The summed E-state index contributed by atoms with van der Waals surface area (Å²) in [6.07, 6.45) is -11.1. The summed E-state index contributed by atoms with van der Waals surface area (Å²) in [5.41, 5.74) is 0.378. The highest BCUT2D eigenvalue weighted by Crippen LogP contribution is 2.41. The van der Waals surface area contributed by atoms with Gasteiger partial charge in [0.05, 0.1) is 13.7 Å². The summed E-state index contributed by atoms with van der Waals surface area (Å²) in [6, 6.07) is 5.26. The maximum atomic E-state index is 13.3. The first kappa shape index (κ1) is 37.7. The quantitative estimate of drug-likeness (QED) is 0.142. The third kappa shape index (κ3) is 10.5. The number of hydrogen-bond acceptors (Lipinski definition) is 13. The van der Waals surface area contributed by atoms with Crippen LogP contribution in [0.25, 0.3) is 0 Å². The van der Waals surface area contributed by atoms with Gasteiger partial charge in [0.15, 0.2) is 18.3 Å². The summed E-state index contributed by atoms with van der Waals surface area (Å²) in [6.45, 7) is 3.31. The standard InChI is InChI=1S/C27H31F3INO13/c1-13(33)40-12-19(42-14(2)34)20-21(43-15(3)35)22(44-16(4)36)23(31)26(45-20,25(38)39-5)41-11-10-17-6-8-18(9-7-17)32-24(37)27(28,29)30/h6-9,19-23H,10-12H2,1-5H3,(H,32,37)/t19-,20-,21+,22+,23+,26-/m1/s1. The molecule has 1 N–H and O–H groups in total. The maximum absolute atomic E-state index is 13.3. The van der Waals surface area contributed by atoms with Crippen LogP contribution >= 0.6 is 22.6 Å². The van der Waals surface area contributed by atoms with E-state index in [4.69, 9.17) is 33.2 Å². The molecule has 0 spiro atoms. The summed E-state index contributed by atoms with van der Waals surface area (Å²) < 4.78 is 74.5. The summed E-state index contributed by atoms with van der Waals surface area (Å²) in [5, 5.41) is 1.71. The van der Waals surface area contributed by atoms with E-state index in [-0.39, 0.29) is 18.7 Å². The van der Waals surface area contributed by atoms with E-state index in [0.29, 0.717) is 5.56 Å². The lowest BCUT2D eigenvalue weighted by molar-refractivity contribution is -0.320. The van der Waals surface area contributed by atoms with Gasteiger partial charge in [0.25, 0.3) is 5.79 Å². The molecule has 14 nitrogen and oxygen atoms in total. The number of alkyl halides is 4. The third-order valence-corrected chi connectivity index (χ3v) is 7.52.